The van der Waals surface area contributed by atoms with Crippen LogP contribution in [-0.2, 0) is 4.74 Å². The highest BCUT2D eigenvalue weighted by molar-refractivity contribution is 6.18. The standard InChI is InChI=1S/C24H25ClO2/c25-16-15-23(19-7-3-1-4-8-19)24(20-9-5-2-6-10-20)21-11-13-22(14-12-21)27-18-17-26/h1-13,22,26H,14-18H2/b24-23-. The summed E-state index contributed by atoms with van der Waals surface area (Å²) in [6.07, 6.45) is 8.05. The third-order valence-electron chi connectivity index (χ3n) is 4.60. The van der Waals surface area contributed by atoms with Crippen LogP contribution < -0.4 is 0 Å². The van der Waals surface area contributed by atoms with Crippen molar-refractivity contribution in [1.29, 1.82) is 0 Å². The van der Waals surface area contributed by atoms with Gasteiger partial charge in [0.05, 0.1) is 19.3 Å². The van der Waals surface area contributed by atoms with E-state index in [9.17, 15) is 0 Å². The van der Waals surface area contributed by atoms with Gasteiger partial charge >= 0.3 is 0 Å². The summed E-state index contributed by atoms with van der Waals surface area (Å²) in [5.74, 6) is 0.569. The van der Waals surface area contributed by atoms with Gasteiger partial charge in [0, 0.05) is 5.88 Å². The van der Waals surface area contributed by atoms with Gasteiger partial charge in [-0.2, -0.15) is 0 Å². The van der Waals surface area contributed by atoms with Gasteiger partial charge in [0.15, 0.2) is 0 Å². The van der Waals surface area contributed by atoms with Gasteiger partial charge < -0.3 is 9.84 Å². The molecule has 0 aromatic heterocycles. The van der Waals surface area contributed by atoms with Gasteiger partial charge in [-0.15, -0.1) is 11.6 Å². The molecule has 0 aliphatic heterocycles. The Hall–Kier alpha value is -2.13. The van der Waals surface area contributed by atoms with E-state index >= 15 is 0 Å². The van der Waals surface area contributed by atoms with Crippen LogP contribution >= 0.6 is 11.6 Å². The summed E-state index contributed by atoms with van der Waals surface area (Å²) >= 11 is 6.18. The van der Waals surface area contributed by atoms with Gasteiger partial charge in [0.2, 0.25) is 0 Å². The number of allylic oxidation sites excluding steroid dienone is 4. The Morgan fingerprint density at radius 1 is 1.00 bits per heavy atom. The van der Waals surface area contributed by atoms with E-state index in [0.29, 0.717) is 12.5 Å². The number of alkyl halides is 1. The molecule has 1 atom stereocenters. The molecule has 0 spiro atoms. The van der Waals surface area contributed by atoms with Crippen LogP contribution in [0.2, 0.25) is 0 Å². The highest BCUT2D eigenvalue weighted by Gasteiger charge is 2.17. The fraction of sp³-hybridized carbons (Fsp3) is 0.250. The molecule has 1 N–H and O–H groups in total. The smallest absolute Gasteiger partial charge is 0.0794 e. The summed E-state index contributed by atoms with van der Waals surface area (Å²) < 4.78 is 5.64. The molecule has 0 fully saturated rings. The molecule has 2 aromatic rings. The average Bonchev–Trinajstić information content (AvgIpc) is 2.74. The second-order valence-electron chi connectivity index (χ2n) is 6.41. The third-order valence-corrected chi connectivity index (χ3v) is 4.79. The van der Waals surface area contributed by atoms with E-state index in [2.05, 4.69) is 66.8 Å². The molecule has 3 heteroatoms. The van der Waals surface area contributed by atoms with E-state index in [1.54, 1.807) is 0 Å². The molecule has 140 valence electrons. The van der Waals surface area contributed by atoms with Crippen LogP contribution in [0.1, 0.15) is 24.0 Å². The Bertz CT molecular complexity index is 807. The van der Waals surface area contributed by atoms with Gasteiger partial charge in [0.25, 0.3) is 0 Å². The molecular weight excluding hydrogens is 356 g/mol. The highest BCUT2D eigenvalue weighted by atomic mass is 35.5. The van der Waals surface area contributed by atoms with Crippen molar-refractivity contribution in [2.75, 3.05) is 19.1 Å². The van der Waals surface area contributed by atoms with Crippen molar-refractivity contribution < 1.29 is 9.84 Å². The normalized spacial score (nSPS) is 17.4. The van der Waals surface area contributed by atoms with Crippen molar-refractivity contribution in [2.24, 2.45) is 0 Å². The second kappa shape index (κ2) is 10.3. The molecule has 1 aliphatic carbocycles. The molecule has 27 heavy (non-hydrogen) atoms. The number of halogens is 1. The predicted octanol–water partition coefficient (Wildman–Crippen LogP) is 5.49. The zero-order chi connectivity index (χ0) is 18.9. The lowest BCUT2D eigenvalue weighted by molar-refractivity contribution is 0.0555. The van der Waals surface area contributed by atoms with Crippen LogP contribution in [0.4, 0.5) is 0 Å². The lowest BCUT2D eigenvalue weighted by atomic mass is 9.86. The summed E-state index contributed by atoms with van der Waals surface area (Å²) in [4.78, 5) is 0. The summed E-state index contributed by atoms with van der Waals surface area (Å²) in [5.41, 5.74) is 6.05. The molecule has 0 amide bonds. The largest absolute Gasteiger partial charge is 0.394 e. The first-order chi connectivity index (χ1) is 13.3. The minimum atomic E-state index is 0.0196. The van der Waals surface area contributed by atoms with Crippen molar-refractivity contribution in [1.82, 2.24) is 0 Å². The van der Waals surface area contributed by atoms with E-state index < -0.39 is 0 Å². The molecule has 2 nitrogen and oxygen atoms in total. The summed E-state index contributed by atoms with van der Waals surface area (Å²) in [5, 5.41) is 8.96. The molecule has 0 heterocycles. The molecule has 0 saturated heterocycles. The number of hydrogen-bond donors (Lipinski definition) is 1. The summed E-state index contributed by atoms with van der Waals surface area (Å²) in [6, 6.07) is 20.9. The second-order valence-corrected chi connectivity index (χ2v) is 6.79. The molecule has 1 unspecified atom stereocenters. The fourth-order valence-corrected chi connectivity index (χ4v) is 3.57. The van der Waals surface area contributed by atoms with Crippen molar-refractivity contribution >= 4 is 22.7 Å². The maximum absolute atomic E-state index is 8.96. The van der Waals surface area contributed by atoms with E-state index in [0.717, 1.165) is 12.8 Å². The molecule has 1 aliphatic rings. The van der Waals surface area contributed by atoms with E-state index in [1.807, 2.05) is 12.1 Å². The van der Waals surface area contributed by atoms with Crippen LogP contribution in [0.3, 0.4) is 0 Å². The highest BCUT2D eigenvalue weighted by Crippen LogP contribution is 2.36. The topological polar surface area (TPSA) is 29.5 Å². The number of aliphatic hydroxyl groups is 1. The molecule has 0 radical (unpaired) electrons. The number of hydrogen-bond acceptors (Lipinski definition) is 2. The van der Waals surface area contributed by atoms with Gasteiger partial charge in [-0.05, 0) is 40.7 Å². The van der Waals surface area contributed by atoms with Crippen LogP contribution in [0.25, 0.3) is 11.1 Å². The molecule has 0 bridgehead atoms. The van der Waals surface area contributed by atoms with Crippen LogP contribution in [0.15, 0.2) is 84.5 Å². The van der Waals surface area contributed by atoms with E-state index in [4.69, 9.17) is 21.4 Å². The minimum absolute atomic E-state index is 0.0196. The first kappa shape index (κ1) is 19.6. The number of ether oxygens (including phenoxy) is 1. The SMILES string of the molecule is OCCOC1C=CC(/C(=C(/CCCl)c2ccccc2)c2ccccc2)=CC1. The molecule has 2 aromatic carbocycles. The van der Waals surface area contributed by atoms with Crippen LogP contribution in [-0.4, -0.2) is 30.3 Å². The zero-order valence-electron chi connectivity index (χ0n) is 15.4. The van der Waals surface area contributed by atoms with E-state index in [1.165, 1.54) is 27.8 Å². The number of rotatable bonds is 8. The van der Waals surface area contributed by atoms with Crippen molar-refractivity contribution in [2.45, 2.75) is 18.9 Å². The maximum Gasteiger partial charge on any atom is 0.0794 e. The lowest BCUT2D eigenvalue weighted by Gasteiger charge is -2.22. The fourth-order valence-electron chi connectivity index (χ4n) is 3.38. The van der Waals surface area contributed by atoms with Gasteiger partial charge in [-0.3, -0.25) is 0 Å². The summed E-state index contributed by atoms with van der Waals surface area (Å²) in [7, 11) is 0. The predicted molar refractivity (Wildman–Crippen MR) is 114 cm³/mol. The quantitative estimate of drug-likeness (QED) is 0.484. The monoisotopic (exact) mass is 380 g/mol. The van der Waals surface area contributed by atoms with Crippen molar-refractivity contribution in [3.8, 4) is 0 Å². The molecule has 0 saturated carbocycles. The first-order valence-corrected chi connectivity index (χ1v) is 9.88. The zero-order valence-corrected chi connectivity index (χ0v) is 16.1. The van der Waals surface area contributed by atoms with Crippen molar-refractivity contribution in [3.05, 3.63) is 95.6 Å². The Kier molecular flexibility index (Phi) is 7.46. The average molecular weight is 381 g/mol. The third kappa shape index (κ3) is 5.20. The maximum atomic E-state index is 8.96. The molecule has 3 rings (SSSR count). The van der Waals surface area contributed by atoms with Crippen molar-refractivity contribution in [3.63, 3.8) is 0 Å². The van der Waals surface area contributed by atoms with Gasteiger partial charge in [-0.25, -0.2) is 0 Å². The Morgan fingerprint density at radius 3 is 2.22 bits per heavy atom. The number of aliphatic hydroxyl groups excluding tert-OH is 1. The first-order valence-electron chi connectivity index (χ1n) is 9.34. The Morgan fingerprint density at radius 2 is 1.67 bits per heavy atom. The Balaban J connectivity index is 2.04. The van der Waals surface area contributed by atoms with Crippen LogP contribution in [0.5, 0.6) is 0 Å². The minimum Gasteiger partial charge on any atom is -0.394 e. The lowest BCUT2D eigenvalue weighted by Crippen LogP contribution is -2.14. The van der Waals surface area contributed by atoms with Gasteiger partial charge in [-0.1, -0.05) is 78.9 Å². The Labute approximate surface area is 166 Å². The van der Waals surface area contributed by atoms with Crippen LogP contribution in [0, 0.1) is 0 Å². The number of benzene rings is 2. The summed E-state index contributed by atoms with van der Waals surface area (Å²) in [6.45, 7) is 0.408. The molecular formula is C24H25ClO2. The van der Waals surface area contributed by atoms with E-state index in [-0.39, 0.29) is 12.7 Å². The van der Waals surface area contributed by atoms with Gasteiger partial charge in [0.1, 0.15) is 0 Å².